The van der Waals surface area contributed by atoms with Crippen LogP contribution >= 0.6 is 11.6 Å². The minimum absolute atomic E-state index is 0.00177. The number of esters is 3. The molecule has 9 aromatic rings. The van der Waals surface area contributed by atoms with Crippen molar-refractivity contribution in [2.45, 2.75) is 0 Å². The molecule has 6 heterocycles. The molecule has 0 unspecified atom stereocenters. The Morgan fingerprint density at radius 3 is 1.43 bits per heavy atom. The van der Waals surface area contributed by atoms with Crippen molar-refractivity contribution < 1.29 is 56.1 Å². The fraction of sp³-hybridized carbons (Fsp3) is 0.0577. The van der Waals surface area contributed by atoms with Crippen molar-refractivity contribution in [3.8, 4) is 58.3 Å². The number of methoxy groups -OCH3 is 3. The Morgan fingerprint density at radius 2 is 0.975 bits per heavy atom. The Kier molecular flexibility index (Phi) is 18.2. The van der Waals surface area contributed by atoms with Crippen LogP contribution in [0.15, 0.2) is 110 Å². The topological polar surface area (TPSA) is 330 Å². The van der Waals surface area contributed by atoms with Crippen LogP contribution in [0.1, 0.15) is 73.8 Å². The fourth-order valence-electron chi connectivity index (χ4n) is 6.60. The van der Waals surface area contributed by atoms with Gasteiger partial charge in [-0.05, 0) is 48.5 Å². The van der Waals surface area contributed by atoms with Crippen molar-refractivity contribution in [1.29, 1.82) is 0 Å². The first-order valence-electron chi connectivity index (χ1n) is 22.3. The number of amides is 3. The summed E-state index contributed by atoms with van der Waals surface area (Å²) in [5, 5.41) is 34.2. The Balaban J connectivity index is 0.000000173. The second-order valence-electron chi connectivity index (χ2n) is 15.5. The van der Waals surface area contributed by atoms with Crippen LogP contribution in [0.3, 0.4) is 0 Å². The van der Waals surface area contributed by atoms with Crippen LogP contribution in [0.2, 0.25) is 5.02 Å². The Hall–Kier alpha value is -11.5. The molecule has 0 saturated carbocycles. The smallest absolute Gasteiger partial charge is 0.340 e. The second kappa shape index (κ2) is 25.9. The van der Waals surface area contributed by atoms with E-state index in [-0.39, 0.29) is 67.1 Å². The van der Waals surface area contributed by atoms with Crippen LogP contribution in [-0.4, -0.2) is 118 Å². The number of aromatic amines is 3. The van der Waals surface area contributed by atoms with Crippen molar-refractivity contribution in [3.63, 3.8) is 0 Å². The van der Waals surface area contributed by atoms with E-state index in [0.29, 0.717) is 28.1 Å². The predicted octanol–water partition coefficient (Wildman–Crippen LogP) is 6.75. The third kappa shape index (κ3) is 13.5. The fourth-order valence-corrected chi connectivity index (χ4v) is 6.76. The summed E-state index contributed by atoms with van der Waals surface area (Å²) in [7, 11) is 3.44. The standard InChI is InChI=1S/2C18H12FN5O3.C16H11ClFN5O3/c1-3-10-4-15(13(5-14(10)19)18(26)27-2)24-17(25)16-20-6-11(7-21-16)12-8-22-23-9-12;1-3-10-4-14(12(5-13(10)19)18(26)27-2)24-17(25)16-9-20-15(8-21-16)11-6-22-23-7-11;1-26-16(25)9-4-10(17)11(18)5-14(9)21-15(24)13-3-2-12(22-23-13)8-6-19-20-7-8/h2*1,4-9H,2H3,(H,22,23)(H,24,25);2-7H,1H3,(H,19,20)(H,21,24). The number of halogens is 4. The first-order chi connectivity index (χ1) is 38.5. The van der Waals surface area contributed by atoms with Gasteiger partial charge in [-0.15, -0.1) is 23.0 Å². The molecule has 400 valence electrons. The highest BCUT2D eigenvalue weighted by Crippen LogP contribution is 2.27. The van der Waals surface area contributed by atoms with E-state index in [2.05, 4.69) is 103 Å². The number of anilines is 3. The number of nitrogens with zero attached hydrogens (tertiary/aromatic N) is 9. The van der Waals surface area contributed by atoms with E-state index < -0.39 is 53.1 Å². The van der Waals surface area contributed by atoms with E-state index in [4.69, 9.17) is 24.4 Å². The third-order valence-electron chi connectivity index (χ3n) is 10.6. The van der Waals surface area contributed by atoms with Crippen molar-refractivity contribution in [2.24, 2.45) is 0 Å². The number of benzene rings is 3. The van der Waals surface area contributed by atoms with Gasteiger partial charge in [-0.1, -0.05) is 23.4 Å². The molecule has 0 saturated heterocycles. The Labute approximate surface area is 453 Å². The van der Waals surface area contributed by atoms with E-state index in [1.807, 2.05) is 0 Å². The lowest BCUT2D eigenvalue weighted by atomic mass is 10.1. The van der Waals surface area contributed by atoms with Gasteiger partial charge in [-0.3, -0.25) is 34.7 Å². The number of H-pyrrole nitrogens is 3. The van der Waals surface area contributed by atoms with Crippen molar-refractivity contribution >= 4 is 64.3 Å². The SMILES string of the molecule is C#Cc1cc(NC(=O)c2cnc(-c3cn[nH]c3)cn2)c(C(=O)OC)cc1F.C#Cc1cc(NC(=O)c2ncc(-c3cn[nH]c3)cn2)c(C(=O)OC)cc1F.COC(=O)c1cc(Cl)c(F)cc1NC(=O)c1ccc(-c2cn[nH]c2)nn1. The van der Waals surface area contributed by atoms with Gasteiger partial charge in [0.05, 0.1) is 114 Å². The first kappa shape index (κ1) is 56.3. The molecule has 0 radical (unpaired) electrons. The first-order valence-corrected chi connectivity index (χ1v) is 22.7. The molecule has 24 nitrogen and oxygen atoms in total. The van der Waals surface area contributed by atoms with E-state index in [1.165, 1.54) is 43.0 Å². The summed E-state index contributed by atoms with van der Waals surface area (Å²) in [5.41, 5.74) is 3.06. The molecule has 0 fully saturated rings. The van der Waals surface area contributed by atoms with Gasteiger partial charge < -0.3 is 30.2 Å². The second-order valence-corrected chi connectivity index (χ2v) is 15.9. The van der Waals surface area contributed by atoms with Gasteiger partial charge in [-0.2, -0.15) is 15.3 Å². The van der Waals surface area contributed by atoms with Crippen LogP contribution in [0.25, 0.3) is 33.6 Å². The van der Waals surface area contributed by atoms with Crippen molar-refractivity contribution in [3.05, 3.63) is 178 Å². The molecule has 0 bridgehead atoms. The van der Waals surface area contributed by atoms with Gasteiger partial charge in [0.1, 0.15) is 23.1 Å². The number of ether oxygens (including phenoxy) is 3. The highest BCUT2D eigenvalue weighted by Gasteiger charge is 2.23. The Bertz CT molecular complexity index is 3670. The molecule has 0 atom stereocenters. The summed E-state index contributed by atoms with van der Waals surface area (Å²) in [6, 6.07) is 9.17. The molecule has 3 amide bonds. The monoisotopic (exact) mass is 1110 g/mol. The zero-order chi connectivity index (χ0) is 57.5. The van der Waals surface area contributed by atoms with Crippen molar-refractivity contribution in [2.75, 3.05) is 37.3 Å². The summed E-state index contributed by atoms with van der Waals surface area (Å²) < 4.78 is 55.3. The van der Waals surface area contributed by atoms with Gasteiger partial charge in [0.15, 0.2) is 5.69 Å². The number of rotatable bonds is 12. The summed E-state index contributed by atoms with van der Waals surface area (Å²) in [6.07, 6.45) is 25.6. The quantitative estimate of drug-likeness (QED) is 0.0418. The lowest BCUT2D eigenvalue weighted by molar-refractivity contribution is 0.0592. The maximum atomic E-state index is 13.9. The molecular weight excluding hydrogens is 1070 g/mol. The number of terminal acetylenes is 2. The van der Waals surface area contributed by atoms with Gasteiger partial charge in [0.25, 0.3) is 17.7 Å². The van der Waals surface area contributed by atoms with E-state index in [1.54, 1.807) is 43.2 Å². The lowest BCUT2D eigenvalue weighted by Crippen LogP contribution is -2.18. The predicted molar refractivity (Wildman–Crippen MR) is 277 cm³/mol. The molecule has 0 aliphatic carbocycles. The van der Waals surface area contributed by atoms with E-state index in [0.717, 1.165) is 51.2 Å². The molecule has 0 aliphatic rings. The van der Waals surface area contributed by atoms with Gasteiger partial charge >= 0.3 is 17.9 Å². The minimum atomic E-state index is -0.830. The average Bonchev–Trinajstić information content (AvgIpc) is 4.35. The van der Waals surface area contributed by atoms with Crippen molar-refractivity contribution in [1.82, 2.24) is 60.7 Å². The summed E-state index contributed by atoms with van der Waals surface area (Å²) >= 11 is 5.68. The van der Waals surface area contributed by atoms with E-state index in [9.17, 15) is 41.9 Å². The minimum Gasteiger partial charge on any atom is -0.465 e. The molecule has 0 spiro atoms. The maximum absolute atomic E-state index is 13.9. The van der Waals surface area contributed by atoms with Crippen LogP contribution in [0.5, 0.6) is 0 Å². The average molecular weight is 1110 g/mol. The number of carbonyl (C=O) groups is 6. The molecule has 6 N–H and O–H groups in total. The maximum Gasteiger partial charge on any atom is 0.340 e. The summed E-state index contributed by atoms with van der Waals surface area (Å²) in [4.78, 5) is 88.8. The normalized spacial score (nSPS) is 10.2. The van der Waals surface area contributed by atoms with Gasteiger partial charge in [-0.25, -0.2) is 42.5 Å². The highest BCUT2D eigenvalue weighted by atomic mass is 35.5. The molecule has 0 aliphatic heterocycles. The molecule has 28 heteroatoms. The number of nitrogens with one attached hydrogen (secondary N) is 6. The van der Waals surface area contributed by atoms with Crippen LogP contribution < -0.4 is 16.0 Å². The lowest BCUT2D eigenvalue weighted by Gasteiger charge is -2.11. The highest BCUT2D eigenvalue weighted by molar-refractivity contribution is 6.31. The Morgan fingerprint density at radius 1 is 0.500 bits per heavy atom. The number of hydrogen-bond acceptors (Lipinski definition) is 18. The van der Waals surface area contributed by atoms with E-state index >= 15 is 0 Å². The number of hydrogen-bond donors (Lipinski definition) is 6. The molecule has 9 rings (SSSR count). The van der Waals surface area contributed by atoms with Gasteiger partial charge in [0.2, 0.25) is 5.82 Å². The zero-order valence-electron chi connectivity index (χ0n) is 41.3. The number of aromatic nitrogens is 12. The summed E-state index contributed by atoms with van der Waals surface area (Å²) in [5.74, 6) is -2.68. The summed E-state index contributed by atoms with van der Waals surface area (Å²) in [6.45, 7) is 0. The molecule has 6 aromatic heterocycles. The largest absolute Gasteiger partial charge is 0.465 e. The molecule has 80 heavy (non-hydrogen) atoms. The van der Waals surface area contributed by atoms with Crippen LogP contribution in [-0.2, 0) is 14.2 Å². The number of carbonyl (C=O) groups excluding carboxylic acids is 6. The van der Waals surface area contributed by atoms with Crippen LogP contribution in [0.4, 0.5) is 30.2 Å². The van der Waals surface area contributed by atoms with Crippen LogP contribution in [0, 0.1) is 42.1 Å². The molecule has 3 aromatic carbocycles. The third-order valence-corrected chi connectivity index (χ3v) is 10.9. The van der Waals surface area contributed by atoms with Gasteiger partial charge in [0, 0.05) is 53.2 Å². The molecular formula is C52H35ClF3N15O9. The zero-order valence-corrected chi connectivity index (χ0v) is 42.0.